The van der Waals surface area contributed by atoms with Crippen molar-refractivity contribution in [3.63, 3.8) is 0 Å². The maximum absolute atomic E-state index is 13.0. The molecule has 0 radical (unpaired) electrons. The van der Waals surface area contributed by atoms with Crippen molar-refractivity contribution < 1.29 is 4.39 Å². The number of hydrogen-bond donors (Lipinski definition) is 1. The van der Waals surface area contributed by atoms with E-state index in [0.29, 0.717) is 12.0 Å². The lowest BCUT2D eigenvalue weighted by molar-refractivity contribution is 0.168. The van der Waals surface area contributed by atoms with Gasteiger partial charge in [-0.25, -0.2) is 4.39 Å². The van der Waals surface area contributed by atoms with Crippen molar-refractivity contribution in [2.75, 3.05) is 20.1 Å². The molecule has 1 aromatic heterocycles. The Kier molecular flexibility index (Phi) is 6.12. The summed E-state index contributed by atoms with van der Waals surface area (Å²) in [6, 6.07) is 4.11. The van der Waals surface area contributed by atoms with Gasteiger partial charge in [0.25, 0.3) is 0 Å². The van der Waals surface area contributed by atoms with Crippen molar-refractivity contribution >= 4 is 0 Å². The van der Waals surface area contributed by atoms with Crippen LogP contribution in [-0.2, 0) is 0 Å². The zero-order chi connectivity index (χ0) is 15.2. The Labute approximate surface area is 127 Å². The minimum absolute atomic E-state index is 0.168. The van der Waals surface area contributed by atoms with Crippen LogP contribution in [0.4, 0.5) is 4.39 Å². The largest absolute Gasteiger partial charge is 0.311 e. The predicted molar refractivity (Wildman–Crippen MR) is 84.7 cm³/mol. The Morgan fingerprint density at radius 2 is 2.19 bits per heavy atom. The normalized spacial score (nSPS) is 23.5. The van der Waals surface area contributed by atoms with E-state index in [1.165, 1.54) is 44.5 Å². The highest BCUT2D eigenvalue weighted by Crippen LogP contribution is 2.24. The van der Waals surface area contributed by atoms with Gasteiger partial charge >= 0.3 is 0 Å². The standard InChI is InChI=1S/C17H28FN3/c1-13(12-21-10-6-4-5-7-14(21)2)17(19-3)16-9-8-15(18)11-20-16/h8-9,11,13-14,17,19H,4-7,10,12H2,1-3H3. The molecule has 3 atom stereocenters. The van der Waals surface area contributed by atoms with E-state index in [-0.39, 0.29) is 11.9 Å². The van der Waals surface area contributed by atoms with Gasteiger partial charge in [0, 0.05) is 12.6 Å². The van der Waals surface area contributed by atoms with Crippen molar-refractivity contribution in [3.8, 4) is 0 Å². The molecule has 1 fully saturated rings. The Morgan fingerprint density at radius 1 is 1.38 bits per heavy atom. The SMILES string of the molecule is CNC(c1ccc(F)cn1)C(C)CN1CCCCCC1C. The predicted octanol–water partition coefficient (Wildman–Crippen LogP) is 3.38. The smallest absolute Gasteiger partial charge is 0.141 e. The van der Waals surface area contributed by atoms with E-state index in [1.807, 2.05) is 7.05 Å². The van der Waals surface area contributed by atoms with Crippen molar-refractivity contribution in [1.82, 2.24) is 15.2 Å². The highest BCUT2D eigenvalue weighted by atomic mass is 19.1. The first-order chi connectivity index (χ1) is 10.1. The van der Waals surface area contributed by atoms with Gasteiger partial charge in [-0.15, -0.1) is 0 Å². The molecule has 0 bridgehead atoms. The molecule has 0 spiro atoms. The van der Waals surface area contributed by atoms with E-state index in [2.05, 4.69) is 29.0 Å². The van der Waals surface area contributed by atoms with Crippen LogP contribution < -0.4 is 5.32 Å². The summed E-state index contributed by atoms with van der Waals surface area (Å²) in [7, 11) is 1.96. The second-order valence-electron chi connectivity index (χ2n) is 6.34. The van der Waals surface area contributed by atoms with Crippen molar-refractivity contribution in [1.29, 1.82) is 0 Å². The van der Waals surface area contributed by atoms with Gasteiger partial charge in [-0.05, 0) is 51.4 Å². The third-order valence-corrected chi connectivity index (χ3v) is 4.66. The molecule has 1 aliphatic rings. The fourth-order valence-corrected chi connectivity index (χ4v) is 3.38. The summed E-state index contributed by atoms with van der Waals surface area (Å²) in [5, 5.41) is 3.35. The monoisotopic (exact) mass is 293 g/mol. The zero-order valence-corrected chi connectivity index (χ0v) is 13.5. The molecule has 1 saturated heterocycles. The van der Waals surface area contributed by atoms with Gasteiger partial charge in [0.05, 0.1) is 17.9 Å². The first-order valence-corrected chi connectivity index (χ1v) is 8.14. The third kappa shape index (κ3) is 4.48. The molecule has 2 heterocycles. The number of aromatic nitrogens is 1. The van der Waals surface area contributed by atoms with Crippen LogP contribution >= 0.6 is 0 Å². The molecule has 3 unspecified atom stereocenters. The number of likely N-dealkylation sites (tertiary alicyclic amines) is 1. The van der Waals surface area contributed by atoms with Gasteiger partial charge < -0.3 is 10.2 Å². The summed E-state index contributed by atoms with van der Waals surface area (Å²) in [5.41, 5.74) is 0.925. The Balaban J connectivity index is 2.02. The van der Waals surface area contributed by atoms with Crippen LogP contribution in [0.25, 0.3) is 0 Å². The zero-order valence-electron chi connectivity index (χ0n) is 13.5. The van der Waals surface area contributed by atoms with Gasteiger partial charge in [0.15, 0.2) is 0 Å². The topological polar surface area (TPSA) is 28.2 Å². The number of nitrogens with one attached hydrogen (secondary N) is 1. The lowest BCUT2D eigenvalue weighted by atomic mass is 9.97. The van der Waals surface area contributed by atoms with Crippen LogP contribution in [0, 0.1) is 11.7 Å². The molecule has 0 aliphatic carbocycles. The maximum Gasteiger partial charge on any atom is 0.141 e. The molecule has 4 heteroatoms. The average Bonchev–Trinajstić information content (AvgIpc) is 2.67. The van der Waals surface area contributed by atoms with Gasteiger partial charge in [-0.2, -0.15) is 0 Å². The second kappa shape index (κ2) is 7.85. The average molecular weight is 293 g/mol. The minimum Gasteiger partial charge on any atom is -0.311 e. The molecule has 21 heavy (non-hydrogen) atoms. The first-order valence-electron chi connectivity index (χ1n) is 8.14. The van der Waals surface area contributed by atoms with Crippen LogP contribution in [0.3, 0.4) is 0 Å². The molecule has 1 N–H and O–H groups in total. The van der Waals surface area contributed by atoms with E-state index in [4.69, 9.17) is 0 Å². The maximum atomic E-state index is 13.0. The molecule has 3 nitrogen and oxygen atoms in total. The quantitative estimate of drug-likeness (QED) is 0.902. The molecular formula is C17H28FN3. The lowest BCUT2D eigenvalue weighted by Gasteiger charge is -2.33. The fraction of sp³-hybridized carbons (Fsp3) is 0.706. The number of nitrogens with zero attached hydrogens (tertiary/aromatic N) is 2. The van der Waals surface area contributed by atoms with Crippen LogP contribution in [0.2, 0.25) is 0 Å². The summed E-state index contributed by atoms with van der Waals surface area (Å²) < 4.78 is 13.0. The molecule has 1 aliphatic heterocycles. The van der Waals surface area contributed by atoms with E-state index in [9.17, 15) is 4.39 Å². The summed E-state index contributed by atoms with van der Waals surface area (Å²) in [5.74, 6) is 0.163. The van der Waals surface area contributed by atoms with Crippen molar-refractivity contribution in [2.24, 2.45) is 5.92 Å². The van der Waals surface area contributed by atoms with Gasteiger partial charge in [0.1, 0.15) is 5.82 Å². The molecule has 1 aromatic rings. The molecule has 0 amide bonds. The van der Waals surface area contributed by atoms with E-state index >= 15 is 0 Å². The number of hydrogen-bond acceptors (Lipinski definition) is 3. The molecule has 118 valence electrons. The molecule has 0 aromatic carbocycles. The van der Waals surface area contributed by atoms with Crippen LogP contribution in [0.15, 0.2) is 18.3 Å². The van der Waals surface area contributed by atoms with E-state index in [1.54, 1.807) is 6.07 Å². The van der Waals surface area contributed by atoms with Gasteiger partial charge in [0.2, 0.25) is 0 Å². The minimum atomic E-state index is -0.276. The van der Waals surface area contributed by atoms with Crippen LogP contribution in [-0.4, -0.2) is 36.1 Å². The lowest BCUT2D eigenvalue weighted by Crippen LogP contribution is -2.39. The summed E-state index contributed by atoms with van der Waals surface area (Å²) in [6.45, 7) is 6.84. The Hall–Kier alpha value is -1.00. The van der Waals surface area contributed by atoms with Crippen LogP contribution in [0.1, 0.15) is 51.3 Å². The third-order valence-electron chi connectivity index (χ3n) is 4.66. The Bertz CT molecular complexity index is 421. The van der Waals surface area contributed by atoms with E-state index in [0.717, 1.165) is 12.2 Å². The van der Waals surface area contributed by atoms with Crippen molar-refractivity contribution in [2.45, 2.75) is 51.6 Å². The van der Waals surface area contributed by atoms with Crippen LogP contribution in [0.5, 0.6) is 0 Å². The Morgan fingerprint density at radius 3 is 2.86 bits per heavy atom. The first kappa shape index (κ1) is 16.4. The number of rotatable bonds is 5. The second-order valence-corrected chi connectivity index (χ2v) is 6.34. The van der Waals surface area contributed by atoms with Gasteiger partial charge in [-0.3, -0.25) is 4.98 Å². The van der Waals surface area contributed by atoms with E-state index < -0.39 is 0 Å². The number of halogens is 1. The molecular weight excluding hydrogens is 265 g/mol. The summed E-state index contributed by atoms with van der Waals surface area (Å²) >= 11 is 0. The highest BCUT2D eigenvalue weighted by molar-refractivity contribution is 5.11. The fourth-order valence-electron chi connectivity index (χ4n) is 3.38. The number of pyridine rings is 1. The van der Waals surface area contributed by atoms with Crippen molar-refractivity contribution in [3.05, 3.63) is 29.8 Å². The highest BCUT2D eigenvalue weighted by Gasteiger charge is 2.24. The summed E-state index contributed by atoms with van der Waals surface area (Å²) in [4.78, 5) is 6.85. The molecule has 2 rings (SSSR count). The molecule has 0 saturated carbocycles. The van der Waals surface area contributed by atoms with Gasteiger partial charge in [-0.1, -0.05) is 19.8 Å². The summed E-state index contributed by atoms with van der Waals surface area (Å²) in [6.07, 6.45) is 6.61.